The maximum atomic E-state index is 12.4. The summed E-state index contributed by atoms with van der Waals surface area (Å²) in [7, 11) is 1.29. The molecule has 1 N–H and O–H groups in total. The van der Waals surface area contributed by atoms with E-state index in [1.54, 1.807) is 0 Å². The van der Waals surface area contributed by atoms with Crippen LogP contribution in [0.2, 0.25) is 0 Å². The number of ether oxygens (including phenoxy) is 1. The molecule has 1 rings (SSSR count). The second-order valence-electron chi connectivity index (χ2n) is 3.13. The van der Waals surface area contributed by atoms with Crippen LogP contribution >= 0.6 is 0 Å². The summed E-state index contributed by atoms with van der Waals surface area (Å²) in [6.07, 6.45) is -2.67. The number of rotatable bonds is 3. The molecule has 0 aliphatic carbocycles. The van der Waals surface area contributed by atoms with Crippen LogP contribution in [-0.4, -0.2) is 18.2 Å². The zero-order valence-corrected chi connectivity index (χ0v) is 8.78. The van der Waals surface area contributed by atoms with Gasteiger partial charge in [0, 0.05) is 11.6 Å². The molecule has 0 saturated carbocycles. The van der Waals surface area contributed by atoms with E-state index in [1.807, 2.05) is 0 Å². The molecule has 0 aliphatic rings. The highest BCUT2D eigenvalue weighted by Crippen LogP contribution is 2.32. The van der Waals surface area contributed by atoms with Gasteiger partial charge in [0.05, 0.1) is 12.7 Å². The Morgan fingerprint density at radius 1 is 1.41 bits per heavy atom. The molecule has 0 fully saturated rings. The average Bonchev–Trinajstić information content (AvgIpc) is 2.24. The predicted molar refractivity (Wildman–Crippen MR) is 54.7 cm³/mol. The van der Waals surface area contributed by atoms with Crippen molar-refractivity contribution in [3.8, 4) is 5.75 Å². The summed E-state index contributed by atoms with van der Waals surface area (Å²) >= 11 is 0. The molecule has 92 valence electrons. The summed E-state index contributed by atoms with van der Waals surface area (Å²) < 4.78 is 42.1. The smallest absolute Gasteiger partial charge is 0.416 e. The SMILES string of the molecule is COc1ccc(C(F)(F)F)cc1C=CC(=O)O. The van der Waals surface area contributed by atoms with Gasteiger partial charge in [-0.1, -0.05) is 0 Å². The third-order valence-electron chi connectivity index (χ3n) is 1.96. The van der Waals surface area contributed by atoms with Crippen LogP contribution in [-0.2, 0) is 11.0 Å². The number of halogens is 3. The first-order valence-electron chi connectivity index (χ1n) is 4.51. The molecule has 0 heterocycles. The number of hydrogen-bond donors (Lipinski definition) is 1. The zero-order valence-electron chi connectivity index (χ0n) is 8.78. The molecule has 0 radical (unpaired) electrons. The number of alkyl halides is 3. The lowest BCUT2D eigenvalue weighted by molar-refractivity contribution is -0.137. The van der Waals surface area contributed by atoms with Crippen LogP contribution in [0.1, 0.15) is 11.1 Å². The Bertz CT molecular complexity index is 450. The van der Waals surface area contributed by atoms with E-state index in [-0.39, 0.29) is 11.3 Å². The summed E-state index contributed by atoms with van der Waals surface area (Å²) in [5.41, 5.74) is -0.798. The highest BCUT2D eigenvalue weighted by atomic mass is 19.4. The molecule has 1 aromatic carbocycles. The van der Waals surface area contributed by atoms with Crippen LogP contribution in [0.4, 0.5) is 13.2 Å². The number of methoxy groups -OCH3 is 1. The summed E-state index contributed by atoms with van der Waals surface area (Å²) in [5.74, 6) is -1.07. The second kappa shape index (κ2) is 4.90. The van der Waals surface area contributed by atoms with Crippen LogP contribution in [0, 0.1) is 0 Å². The van der Waals surface area contributed by atoms with E-state index in [0.29, 0.717) is 0 Å². The molecule has 6 heteroatoms. The van der Waals surface area contributed by atoms with Crippen molar-refractivity contribution in [2.75, 3.05) is 7.11 Å². The Morgan fingerprint density at radius 3 is 2.53 bits per heavy atom. The molecule has 17 heavy (non-hydrogen) atoms. The van der Waals surface area contributed by atoms with Crippen molar-refractivity contribution in [2.45, 2.75) is 6.18 Å². The fourth-order valence-electron chi connectivity index (χ4n) is 1.20. The van der Waals surface area contributed by atoms with Crippen molar-refractivity contribution in [3.05, 3.63) is 35.4 Å². The standard InChI is InChI=1S/C11H9F3O3/c1-17-9-4-3-8(11(12,13)14)6-7(9)2-5-10(15)16/h2-6H,1H3,(H,15,16). The van der Waals surface area contributed by atoms with Crippen molar-refractivity contribution < 1.29 is 27.8 Å². The van der Waals surface area contributed by atoms with Crippen LogP contribution in [0.3, 0.4) is 0 Å². The van der Waals surface area contributed by atoms with Gasteiger partial charge in [0.2, 0.25) is 0 Å². The van der Waals surface area contributed by atoms with Crippen LogP contribution in [0.15, 0.2) is 24.3 Å². The van der Waals surface area contributed by atoms with E-state index in [9.17, 15) is 18.0 Å². The van der Waals surface area contributed by atoms with Gasteiger partial charge in [-0.3, -0.25) is 0 Å². The summed E-state index contributed by atoms with van der Waals surface area (Å²) in [5, 5.41) is 8.42. The largest absolute Gasteiger partial charge is 0.496 e. The van der Waals surface area contributed by atoms with E-state index in [2.05, 4.69) is 0 Å². The lowest BCUT2D eigenvalue weighted by atomic mass is 10.1. The topological polar surface area (TPSA) is 46.5 Å². The van der Waals surface area contributed by atoms with Gasteiger partial charge < -0.3 is 9.84 Å². The number of aliphatic carboxylic acids is 1. The molecular formula is C11H9F3O3. The summed E-state index contributed by atoms with van der Waals surface area (Å²) in [6, 6.07) is 2.85. The first kappa shape index (κ1) is 13.1. The quantitative estimate of drug-likeness (QED) is 0.834. The lowest BCUT2D eigenvalue weighted by Crippen LogP contribution is -2.05. The van der Waals surface area contributed by atoms with Gasteiger partial charge in [-0.25, -0.2) is 4.79 Å². The Kier molecular flexibility index (Phi) is 3.77. The van der Waals surface area contributed by atoms with Gasteiger partial charge in [-0.15, -0.1) is 0 Å². The molecule has 0 bridgehead atoms. The predicted octanol–water partition coefficient (Wildman–Crippen LogP) is 2.81. The van der Waals surface area contributed by atoms with E-state index in [1.165, 1.54) is 7.11 Å². The Morgan fingerprint density at radius 2 is 2.06 bits per heavy atom. The van der Waals surface area contributed by atoms with E-state index >= 15 is 0 Å². The molecule has 0 atom stereocenters. The van der Waals surface area contributed by atoms with Crippen molar-refractivity contribution in [1.29, 1.82) is 0 Å². The van der Waals surface area contributed by atoms with E-state index in [4.69, 9.17) is 9.84 Å². The average molecular weight is 246 g/mol. The summed E-state index contributed by atoms with van der Waals surface area (Å²) in [6.45, 7) is 0. The van der Waals surface area contributed by atoms with Crippen molar-refractivity contribution in [3.63, 3.8) is 0 Å². The number of carboxylic acid groups (broad SMARTS) is 1. The normalized spacial score (nSPS) is 11.8. The number of carboxylic acids is 1. The van der Waals surface area contributed by atoms with E-state index < -0.39 is 17.7 Å². The minimum absolute atomic E-state index is 0.0599. The van der Waals surface area contributed by atoms with Crippen molar-refractivity contribution in [2.24, 2.45) is 0 Å². The van der Waals surface area contributed by atoms with Gasteiger partial charge >= 0.3 is 12.1 Å². The van der Waals surface area contributed by atoms with Crippen LogP contribution in [0.25, 0.3) is 6.08 Å². The third-order valence-corrected chi connectivity index (χ3v) is 1.96. The highest BCUT2D eigenvalue weighted by Gasteiger charge is 2.30. The number of carbonyl (C=O) groups is 1. The number of benzene rings is 1. The van der Waals surface area contributed by atoms with Crippen LogP contribution in [0.5, 0.6) is 5.75 Å². The molecular weight excluding hydrogens is 237 g/mol. The molecule has 3 nitrogen and oxygen atoms in total. The molecule has 1 aromatic rings. The maximum Gasteiger partial charge on any atom is 0.416 e. The minimum atomic E-state index is -4.47. The van der Waals surface area contributed by atoms with E-state index in [0.717, 1.165) is 30.4 Å². The van der Waals surface area contributed by atoms with Crippen molar-refractivity contribution in [1.82, 2.24) is 0 Å². The summed E-state index contributed by atoms with van der Waals surface area (Å²) in [4.78, 5) is 10.3. The zero-order chi connectivity index (χ0) is 13.1. The highest BCUT2D eigenvalue weighted by molar-refractivity contribution is 5.86. The van der Waals surface area contributed by atoms with Gasteiger partial charge in [0.15, 0.2) is 0 Å². The fourth-order valence-corrected chi connectivity index (χ4v) is 1.20. The first-order valence-corrected chi connectivity index (χ1v) is 4.51. The molecule has 0 aliphatic heterocycles. The molecule has 0 amide bonds. The Balaban J connectivity index is 3.20. The van der Waals surface area contributed by atoms with Gasteiger partial charge in [0.1, 0.15) is 5.75 Å². The molecule has 0 unspecified atom stereocenters. The number of hydrogen-bond acceptors (Lipinski definition) is 2. The van der Waals surface area contributed by atoms with Gasteiger partial charge in [-0.05, 0) is 24.3 Å². The third kappa shape index (κ3) is 3.51. The second-order valence-corrected chi connectivity index (χ2v) is 3.13. The Labute approximate surface area is 95.1 Å². The monoisotopic (exact) mass is 246 g/mol. The lowest BCUT2D eigenvalue weighted by Gasteiger charge is -2.10. The maximum absolute atomic E-state index is 12.4. The Hall–Kier alpha value is -1.98. The first-order chi connectivity index (χ1) is 7.84. The minimum Gasteiger partial charge on any atom is -0.496 e. The van der Waals surface area contributed by atoms with Gasteiger partial charge in [-0.2, -0.15) is 13.2 Å². The molecule has 0 aromatic heterocycles. The fraction of sp³-hybridized carbons (Fsp3) is 0.182. The van der Waals surface area contributed by atoms with Crippen LogP contribution < -0.4 is 4.74 Å². The van der Waals surface area contributed by atoms with Gasteiger partial charge in [0.25, 0.3) is 0 Å². The molecule has 0 saturated heterocycles. The van der Waals surface area contributed by atoms with Crippen molar-refractivity contribution >= 4 is 12.0 Å². The molecule has 0 spiro atoms.